The Kier molecular flexibility index (Phi) is 5.75. The van der Waals surface area contributed by atoms with Gasteiger partial charge in [-0.3, -0.25) is 9.59 Å². The molecule has 142 valence electrons. The second kappa shape index (κ2) is 7.67. The van der Waals surface area contributed by atoms with Crippen LogP contribution in [0.2, 0.25) is 0 Å². The standard InChI is InChI=1S/C21H35NO3/c1-4-25-19(23)6-8-22(7-5-15(2)3)20(24)21-12-16-9-17(13-21)11-18(10-16)14-21/h15-18H,4-14H2,1-3H3. The molecule has 4 aliphatic rings. The van der Waals surface area contributed by atoms with Crippen molar-refractivity contribution in [2.24, 2.45) is 29.1 Å². The molecule has 0 radical (unpaired) electrons. The molecule has 4 heteroatoms. The topological polar surface area (TPSA) is 46.6 Å². The van der Waals surface area contributed by atoms with Crippen LogP contribution in [0.3, 0.4) is 0 Å². The number of hydrogen-bond donors (Lipinski definition) is 0. The minimum absolute atomic E-state index is 0.111. The van der Waals surface area contributed by atoms with Crippen molar-refractivity contribution in [1.82, 2.24) is 4.90 Å². The monoisotopic (exact) mass is 349 g/mol. The molecular weight excluding hydrogens is 314 g/mol. The average molecular weight is 350 g/mol. The predicted molar refractivity (Wildman–Crippen MR) is 97.9 cm³/mol. The van der Waals surface area contributed by atoms with Gasteiger partial charge in [0.05, 0.1) is 18.4 Å². The maximum absolute atomic E-state index is 13.6. The molecule has 0 aromatic rings. The lowest BCUT2D eigenvalue weighted by atomic mass is 9.49. The summed E-state index contributed by atoms with van der Waals surface area (Å²) in [6.07, 6.45) is 8.65. The van der Waals surface area contributed by atoms with Crippen molar-refractivity contribution in [1.29, 1.82) is 0 Å². The predicted octanol–water partition coefficient (Wildman–Crippen LogP) is 4.03. The molecule has 4 aliphatic carbocycles. The molecule has 4 bridgehead atoms. The molecule has 0 heterocycles. The van der Waals surface area contributed by atoms with Gasteiger partial charge in [0.2, 0.25) is 5.91 Å². The molecule has 0 unspecified atom stereocenters. The van der Waals surface area contributed by atoms with Crippen molar-refractivity contribution in [2.75, 3.05) is 19.7 Å². The van der Waals surface area contributed by atoms with Gasteiger partial charge in [-0.05, 0) is 75.5 Å². The van der Waals surface area contributed by atoms with Crippen molar-refractivity contribution in [3.63, 3.8) is 0 Å². The third kappa shape index (κ3) is 4.20. The van der Waals surface area contributed by atoms with Crippen LogP contribution in [0.15, 0.2) is 0 Å². The summed E-state index contributed by atoms with van der Waals surface area (Å²) in [4.78, 5) is 27.4. The van der Waals surface area contributed by atoms with Crippen LogP contribution in [0.4, 0.5) is 0 Å². The number of amides is 1. The summed E-state index contributed by atoms with van der Waals surface area (Å²) in [5, 5.41) is 0. The van der Waals surface area contributed by atoms with Crippen molar-refractivity contribution >= 4 is 11.9 Å². The zero-order chi connectivity index (χ0) is 18.0. The SMILES string of the molecule is CCOC(=O)CCN(CCC(C)C)C(=O)C12CC3CC(CC(C3)C1)C2. The normalized spacial score (nSPS) is 32.9. The third-order valence-electron chi connectivity index (χ3n) is 6.65. The first-order valence-electron chi connectivity index (χ1n) is 10.4. The molecule has 0 aromatic carbocycles. The van der Waals surface area contributed by atoms with E-state index in [0.29, 0.717) is 31.4 Å². The smallest absolute Gasteiger partial charge is 0.307 e. The number of ether oxygens (including phenoxy) is 1. The summed E-state index contributed by atoms with van der Waals surface area (Å²) < 4.78 is 5.07. The molecular formula is C21H35NO3. The quantitative estimate of drug-likeness (QED) is 0.622. The van der Waals surface area contributed by atoms with Crippen LogP contribution >= 0.6 is 0 Å². The zero-order valence-electron chi connectivity index (χ0n) is 16.3. The van der Waals surface area contributed by atoms with E-state index in [1.807, 2.05) is 11.8 Å². The van der Waals surface area contributed by atoms with Crippen LogP contribution in [-0.4, -0.2) is 36.5 Å². The highest BCUT2D eigenvalue weighted by molar-refractivity contribution is 5.84. The van der Waals surface area contributed by atoms with Gasteiger partial charge in [-0.15, -0.1) is 0 Å². The molecule has 0 aromatic heterocycles. The number of carbonyl (C=O) groups is 2. The highest BCUT2D eigenvalue weighted by Gasteiger charge is 2.55. The maximum Gasteiger partial charge on any atom is 0.307 e. The van der Waals surface area contributed by atoms with E-state index in [9.17, 15) is 9.59 Å². The molecule has 0 spiro atoms. The minimum Gasteiger partial charge on any atom is -0.466 e. The van der Waals surface area contributed by atoms with Crippen LogP contribution in [0.1, 0.15) is 72.1 Å². The second-order valence-corrected chi connectivity index (χ2v) is 9.23. The lowest BCUT2D eigenvalue weighted by Gasteiger charge is -2.56. The summed E-state index contributed by atoms with van der Waals surface area (Å²) >= 11 is 0. The van der Waals surface area contributed by atoms with Gasteiger partial charge in [-0.2, -0.15) is 0 Å². The first kappa shape index (κ1) is 18.7. The van der Waals surface area contributed by atoms with E-state index in [2.05, 4.69) is 13.8 Å². The van der Waals surface area contributed by atoms with E-state index < -0.39 is 0 Å². The van der Waals surface area contributed by atoms with Crippen molar-refractivity contribution in [3.8, 4) is 0 Å². The Hall–Kier alpha value is -1.06. The van der Waals surface area contributed by atoms with Gasteiger partial charge < -0.3 is 9.64 Å². The lowest BCUT2D eigenvalue weighted by molar-refractivity contribution is -0.158. The molecule has 25 heavy (non-hydrogen) atoms. The average Bonchev–Trinajstić information content (AvgIpc) is 2.53. The van der Waals surface area contributed by atoms with Crippen LogP contribution in [0.25, 0.3) is 0 Å². The van der Waals surface area contributed by atoms with Gasteiger partial charge >= 0.3 is 5.97 Å². The second-order valence-electron chi connectivity index (χ2n) is 9.23. The minimum atomic E-state index is -0.185. The molecule has 4 rings (SSSR count). The van der Waals surface area contributed by atoms with Crippen LogP contribution in [0, 0.1) is 29.1 Å². The van der Waals surface area contributed by atoms with Crippen LogP contribution < -0.4 is 0 Å². The first-order valence-corrected chi connectivity index (χ1v) is 10.4. The van der Waals surface area contributed by atoms with Gasteiger partial charge in [-0.1, -0.05) is 13.8 Å². The fraction of sp³-hybridized carbons (Fsp3) is 0.905. The molecule has 4 nitrogen and oxygen atoms in total. The van der Waals surface area contributed by atoms with E-state index in [-0.39, 0.29) is 11.4 Å². The van der Waals surface area contributed by atoms with E-state index in [0.717, 1.165) is 50.0 Å². The number of hydrogen-bond acceptors (Lipinski definition) is 3. The maximum atomic E-state index is 13.6. The number of rotatable bonds is 8. The number of nitrogens with zero attached hydrogens (tertiary/aromatic N) is 1. The van der Waals surface area contributed by atoms with E-state index in [1.54, 1.807) is 0 Å². The van der Waals surface area contributed by atoms with Gasteiger partial charge in [0, 0.05) is 13.1 Å². The van der Waals surface area contributed by atoms with E-state index >= 15 is 0 Å². The number of carbonyl (C=O) groups excluding carboxylic acids is 2. The van der Waals surface area contributed by atoms with Crippen molar-refractivity contribution in [3.05, 3.63) is 0 Å². The number of esters is 1. The molecule has 4 fully saturated rings. The molecule has 0 saturated heterocycles. The summed E-state index contributed by atoms with van der Waals surface area (Å²) in [5.74, 6) is 3.03. The summed E-state index contributed by atoms with van der Waals surface area (Å²) in [6.45, 7) is 7.92. The Balaban J connectivity index is 1.68. The fourth-order valence-corrected chi connectivity index (χ4v) is 5.90. The highest BCUT2D eigenvalue weighted by Crippen LogP contribution is 2.60. The summed E-state index contributed by atoms with van der Waals surface area (Å²) in [6, 6.07) is 0. The molecule has 1 amide bonds. The Labute approximate surface area is 152 Å². The Bertz CT molecular complexity index is 464. The summed E-state index contributed by atoms with van der Waals surface area (Å²) in [7, 11) is 0. The molecule has 0 aliphatic heterocycles. The van der Waals surface area contributed by atoms with E-state index in [4.69, 9.17) is 4.74 Å². The largest absolute Gasteiger partial charge is 0.466 e. The lowest BCUT2D eigenvalue weighted by Crippen LogP contribution is -2.55. The summed E-state index contributed by atoms with van der Waals surface area (Å²) in [5.41, 5.74) is -0.111. The Morgan fingerprint density at radius 1 is 1.04 bits per heavy atom. The first-order chi connectivity index (χ1) is 11.9. The van der Waals surface area contributed by atoms with Crippen molar-refractivity contribution < 1.29 is 14.3 Å². The van der Waals surface area contributed by atoms with E-state index in [1.165, 1.54) is 19.3 Å². The third-order valence-corrected chi connectivity index (χ3v) is 6.65. The van der Waals surface area contributed by atoms with Gasteiger partial charge in [0.25, 0.3) is 0 Å². The molecule has 0 N–H and O–H groups in total. The Morgan fingerprint density at radius 2 is 1.60 bits per heavy atom. The molecule has 4 saturated carbocycles. The zero-order valence-corrected chi connectivity index (χ0v) is 16.3. The molecule has 0 atom stereocenters. The van der Waals surface area contributed by atoms with Crippen molar-refractivity contribution in [2.45, 2.75) is 72.1 Å². The highest BCUT2D eigenvalue weighted by atomic mass is 16.5. The van der Waals surface area contributed by atoms with Crippen LogP contribution in [-0.2, 0) is 14.3 Å². The van der Waals surface area contributed by atoms with Gasteiger partial charge in [0.15, 0.2) is 0 Å². The van der Waals surface area contributed by atoms with Gasteiger partial charge in [0.1, 0.15) is 0 Å². The fourth-order valence-electron chi connectivity index (χ4n) is 5.90. The van der Waals surface area contributed by atoms with Gasteiger partial charge in [-0.25, -0.2) is 0 Å². The Morgan fingerprint density at radius 3 is 2.08 bits per heavy atom. The van der Waals surface area contributed by atoms with Crippen LogP contribution in [0.5, 0.6) is 0 Å².